The first-order valence-electron chi connectivity index (χ1n) is 11.6. The molecule has 3 heterocycles. The number of aromatic amines is 1. The van der Waals surface area contributed by atoms with E-state index < -0.39 is 15.8 Å². The summed E-state index contributed by atoms with van der Waals surface area (Å²) in [6.45, 7) is 3.74. The van der Waals surface area contributed by atoms with E-state index in [9.17, 15) is 13.2 Å². The number of halogens is 1. The molecule has 6 rings (SSSR count). The van der Waals surface area contributed by atoms with Crippen molar-refractivity contribution in [3.05, 3.63) is 99.1 Å². The van der Waals surface area contributed by atoms with E-state index in [1.165, 1.54) is 23.0 Å². The van der Waals surface area contributed by atoms with Crippen LogP contribution in [0.1, 0.15) is 27.4 Å². The highest BCUT2D eigenvalue weighted by molar-refractivity contribution is 14.1. The van der Waals surface area contributed by atoms with E-state index in [0.717, 1.165) is 30.0 Å². The molecule has 0 aliphatic carbocycles. The van der Waals surface area contributed by atoms with E-state index in [1.807, 2.05) is 38.1 Å². The highest BCUT2D eigenvalue weighted by Gasteiger charge is 2.29. The molecule has 0 saturated carbocycles. The molecule has 190 valence electrons. The Bertz CT molecular complexity index is 2000. The maximum Gasteiger partial charge on any atom is 0.268 e. The SMILES string of the molecule is Cc1ccc(S(=O)(=O)n2c(C(=O)c3cnn(-c4ccc5[nH]c(C)nc5c4)c3N)cc3ccc(I)cc32)cc1. The summed E-state index contributed by atoms with van der Waals surface area (Å²) in [6.07, 6.45) is 1.36. The van der Waals surface area contributed by atoms with E-state index >= 15 is 0 Å². The highest BCUT2D eigenvalue weighted by Crippen LogP contribution is 2.30. The zero-order valence-corrected chi connectivity index (χ0v) is 23.3. The van der Waals surface area contributed by atoms with E-state index in [0.29, 0.717) is 16.6 Å². The van der Waals surface area contributed by atoms with Crippen molar-refractivity contribution in [2.24, 2.45) is 0 Å². The van der Waals surface area contributed by atoms with Gasteiger partial charge < -0.3 is 10.7 Å². The van der Waals surface area contributed by atoms with Crippen molar-refractivity contribution in [1.82, 2.24) is 23.7 Å². The zero-order chi connectivity index (χ0) is 26.8. The summed E-state index contributed by atoms with van der Waals surface area (Å²) >= 11 is 2.12. The molecule has 0 fully saturated rings. The standard InChI is InChI=1S/C27H21IN6O3S/c1-15-3-8-20(9-4-15)38(36,37)34-24-12-18(28)6-5-17(24)11-25(34)26(35)21-14-30-33(27(21)29)19-7-10-22-23(13-19)32-16(2)31-22/h3-14H,29H2,1-2H3,(H,31,32). The van der Waals surface area contributed by atoms with Crippen molar-refractivity contribution < 1.29 is 13.2 Å². The molecule has 0 aliphatic heterocycles. The van der Waals surface area contributed by atoms with Gasteiger partial charge in [-0.3, -0.25) is 4.79 Å². The van der Waals surface area contributed by atoms with Crippen LogP contribution in [0.25, 0.3) is 27.6 Å². The molecule has 9 nitrogen and oxygen atoms in total. The normalized spacial score (nSPS) is 12.0. The number of carbonyl (C=O) groups excluding carboxylic acids is 1. The lowest BCUT2D eigenvalue weighted by molar-refractivity contribution is 0.103. The van der Waals surface area contributed by atoms with Gasteiger partial charge in [-0.05, 0) is 85.0 Å². The Kier molecular flexibility index (Phi) is 5.65. The van der Waals surface area contributed by atoms with E-state index in [2.05, 4.69) is 37.7 Å². The molecule has 0 radical (unpaired) electrons. The number of rotatable bonds is 5. The summed E-state index contributed by atoms with van der Waals surface area (Å²) in [7, 11) is -4.11. The molecule has 3 aromatic carbocycles. The lowest BCUT2D eigenvalue weighted by atomic mass is 10.1. The Morgan fingerprint density at radius 1 is 1.00 bits per heavy atom. The minimum absolute atomic E-state index is 0.0211. The molecule has 0 saturated heterocycles. The summed E-state index contributed by atoms with van der Waals surface area (Å²) < 4.78 is 31.1. The first-order valence-corrected chi connectivity index (χ1v) is 14.1. The first kappa shape index (κ1) is 24.4. The number of hydrogen-bond acceptors (Lipinski definition) is 6. The molecule has 38 heavy (non-hydrogen) atoms. The average Bonchev–Trinajstić information content (AvgIpc) is 3.57. The summed E-state index contributed by atoms with van der Waals surface area (Å²) in [5, 5.41) is 4.97. The van der Waals surface area contributed by atoms with E-state index in [1.54, 1.807) is 30.3 Å². The summed E-state index contributed by atoms with van der Waals surface area (Å²) in [5.41, 5.74) is 10.1. The topological polar surface area (TPSA) is 129 Å². The van der Waals surface area contributed by atoms with Crippen LogP contribution in [0.15, 0.2) is 77.8 Å². The maximum absolute atomic E-state index is 13.9. The molecule has 0 unspecified atom stereocenters. The number of nitrogens with two attached hydrogens (primary N) is 1. The second kappa shape index (κ2) is 8.81. The van der Waals surface area contributed by atoms with Gasteiger partial charge in [-0.2, -0.15) is 5.10 Å². The molecule has 0 amide bonds. The van der Waals surface area contributed by atoms with Gasteiger partial charge in [-0.15, -0.1) is 0 Å². The first-order chi connectivity index (χ1) is 18.1. The molecule has 3 aromatic heterocycles. The van der Waals surface area contributed by atoms with Crippen LogP contribution in [0.5, 0.6) is 0 Å². The highest BCUT2D eigenvalue weighted by atomic mass is 127. The number of nitrogens with one attached hydrogen (secondary N) is 1. The molecule has 11 heteroatoms. The third-order valence-electron chi connectivity index (χ3n) is 6.39. The largest absolute Gasteiger partial charge is 0.383 e. The third-order valence-corrected chi connectivity index (χ3v) is 8.81. The third kappa shape index (κ3) is 3.89. The van der Waals surface area contributed by atoms with Gasteiger partial charge in [0, 0.05) is 8.96 Å². The Morgan fingerprint density at radius 3 is 2.53 bits per heavy atom. The average molecular weight is 636 g/mol. The number of nitrogen functional groups attached to an aromatic ring is 1. The van der Waals surface area contributed by atoms with Crippen molar-refractivity contribution in [3.63, 3.8) is 0 Å². The Morgan fingerprint density at radius 2 is 1.76 bits per heavy atom. The number of hydrogen-bond donors (Lipinski definition) is 2. The van der Waals surface area contributed by atoms with Gasteiger partial charge in [0.1, 0.15) is 17.3 Å². The van der Waals surface area contributed by atoms with Crippen molar-refractivity contribution >= 4 is 66.2 Å². The van der Waals surface area contributed by atoms with Gasteiger partial charge in [0.25, 0.3) is 10.0 Å². The van der Waals surface area contributed by atoms with Crippen LogP contribution in [0.4, 0.5) is 5.82 Å². The minimum atomic E-state index is -4.11. The van der Waals surface area contributed by atoms with Gasteiger partial charge in [0.2, 0.25) is 5.78 Å². The Balaban J connectivity index is 1.51. The van der Waals surface area contributed by atoms with Crippen molar-refractivity contribution in [1.29, 1.82) is 0 Å². The predicted octanol–water partition coefficient (Wildman–Crippen LogP) is 4.97. The van der Waals surface area contributed by atoms with Crippen LogP contribution in [0, 0.1) is 17.4 Å². The van der Waals surface area contributed by atoms with Gasteiger partial charge in [-0.1, -0.05) is 23.8 Å². The van der Waals surface area contributed by atoms with Gasteiger partial charge in [-0.25, -0.2) is 22.1 Å². The number of carbonyl (C=O) groups is 1. The van der Waals surface area contributed by atoms with E-state index in [4.69, 9.17) is 5.73 Å². The molecule has 0 spiro atoms. The number of aromatic nitrogens is 5. The summed E-state index contributed by atoms with van der Waals surface area (Å²) in [4.78, 5) is 21.6. The lowest BCUT2D eigenvalue weighted by Gasteiger charge is -2.12. The minimum Gasteiger partial charge on any atom is -0.383 e. The number of fused-ring (bicyclic) bond motifs is 2. The molecule has 0 aliphatic rings. The maximum atomic E-state index is 13.9. The fourth-order valence-electron chi connectivity index (χ4n) is 4.51. The quantitative estimate of drug-likeness (QED) is 0.203. The zero-order valence-electron chi connectivity index (χ0n) is 20.3. The number of benzene rings is 3. The number of H-pyrrole nitrogens is 1. The fraction of sp³-hybridized carbons (Fsp3) is 0.0741. The summed E-state index contributed by atoms with van der Waals surface area (Å²) in [5.74, 6) is 0.326. The van der Waals surface area contributed by atoms with E-state index in [-0.39, 0.29) is 22.0 Å². The number of ketones is 1. The molecule has 0 atom stereocenters. The second-order valence-corrected chi connectivity index (χ2v) is 12.1. The predicted molar refractivity (Wildman–Crippen MR) is 154 cm³/mol. The van der Waals surface area contributed by atoms with Crippen LogP contribution >= 0.6 is 22.6 Å². The van der Waals surface area contributed by atoms with Gasteiger partial charge in [0.05, 0.1) is 38.9 Å². The van der Waals surface area contributed by atoms with Crippen LogP contribution in [-0.4, -0.2) is 37.9 Å². The van der Waals surface area contributed by atoms with Gasteiger partial charge in [0.15, 0.2) is 0 Å². The molecular formula is C27H21IN6O3S. The number of nitrogens with zero attached hydrogens (tertiary/aromatic N) is 4. The summed E-state index contributed by atoms with van der Waals surface area (Å²) in [6, 6.07) is 19.0. The van der Waals surface area contributed by atoms with Crippen molar-refractivity contribution in [2.75, 3.05) is 5.73 Å². The number of imidazole rings is 1. The van der Waals surface area contributed by atoms with Crippen molar-refractivity contribution in [3.8, 4) is 5.69 Å². The Hall–Kier alpha value is -3.97. The number of aryl methyl sites for hydroxylation is 2. The van der Waals surface area contributed by atoms with Crippen molar-refractivity contribution in [2.45, 2.75) is 18.7 Å². The molecular weight excluding hydrogens is 615 g/mol. The molecule has 6 aromatic rings. The smallest absolute Gasteiger partial charge is 0.268 e. The Labute approximate surface area is 231 Å². The van der Waals surface area contributed by atoms with Gasteiger partial charge >= 0.3 is 0 Å². The lowest BCUT2D eigenvalue weighted by Crippen LogP contribution is -2.19. The monoisotopic (exact) mass is 636 g/mol. The van der Waals surface area contributed by atoms with Crippen LogP contribution in [0.3, 0.4) is 0 Å². The fourth-order valence-corrected chi connectivity index (χ4v) is 6.49. The second-order valence-electron chi connectivity index (χ2n) is 9.02. The van der Waals surface area contributed by atoms with Crippen LogP contribution in [0.2, 0.25) is 0 Å². The molecule has 3 N–H and O–H groups in total. The van der Waals surface area contributed by atoms with Crippen LogP contribution < -0.4 is 5.73 Å². The molecule has 0 bridgehead atoms. The number of anilines is 1. The van der Waals surface area contributed by atoms with Crippen LogP contribution in [-0.2, 0) is 10.0 Å².